The molecule has 0 aromatic carbocycles. The maximum atomic E-state index is 5.29. The number of aromatic nitrogens is 1. The third-order valence-corrected chi connectivity index (χ3v) is 3.71. The molecule has 0 saturated carbocycles. The molecule has 0 spiro atoms. The molecule has 1 fully saturated rings. The van der Waals surface area contributed by atoms with Gasteiger partial charge in [-0.05, 0) is 49.9 Å². The van der Waals surface area contributed by atoms with Gasteiger partial charge in [0.1, 0.15) is 5.82 Å². The molecule has 0 amide bonds. The van der Waals surface area contributed by atoms with Crippen LogP contribution in [0.15, 0.2) is 12.3 Å². The largest absolute Gasteiger partial charge is 0.384 e. The van der Waals surface area contributed by atoms with Gasteiger partial charge in [-0.2, -0.15) is 0 Å². The van der Waals surface area contributed by atoms with Crippen molar-refractivity contribution in [2.24, 2.45) is 5.92 Å². The Kier molecular flexibility index (Phi) is 5.16. The van der Waals surface area contributed by atoms with Crippen LogP contribution in [-0.4, -0.2) is 38.8 Å². The molecule has 0 aliphatic carbocycles. The Labute approximate surface area is 116 Å². The lowest BCUT2D eigenvalue weighted by Crippen LogP contribution is -2.38. The van der Waals surface area contributed by atoms with Crippen LogP contribution in [0.4, 0.5) is 5.82 Å². The van der Waals surface area contributed by atoms with Gasteiger partial charge < -0.3 is 15.0 Å². The van der Waals surface area contributed by atoms with Crippen molar-refractivity contribution in [3.05, 3.63) is 23.4 Å². The molecule has 1 aliphatic heterocycles. The second-order valence-corrected chi connectivity index (χ2v) is 5.42. The van der Waals surface area contributed by atoms with Gasteiger partial charge in [-0.15, -0.1) is 0 Å². The molecule has 2 heterocycles. The maximum absolute atomic E-state index is 5.29. The van der Waals surface area contributed by atoms with Crippen molar-refractivity contribution in [1.82, 2.24) is 10.3 Å². The van der Waals surface area contributed by atoms with E-state index in [2.05, 4.69) is 28.2 Å². The molecule has 0 bridgehead atoms. The van der Waals surface area contributed by atoms with Crippen LogP contribution in [0.25, 0.3) is 0 Å². The summed E-state index contributed by atoms with van der Waals surface area (Å²) in [6, 6.07) is 2.23. The van der Waals surface area contributed by atoms with E-state index in [-0.39, 0.29) is 0 Å². The molecule has 1 aliphatic rings. The number of pyridine rings is 1. The summed E-state index contributed by atoms with van der Waals surface area (Å²) in [4.78, 5) is 7.07. The molecule has 4 heteroatoms. The Hall–Kier alpha value is -1.13. The van der Waals surface area contributed by atoms with E-state index < -0.39 is 0 Å². The third kappa shape index (κ3) is 3.67. The first kappa shape index (κ1) is 14.3. The van der Waals surface area contributed by atoms with Crippen molar-refractivity contribution in [2.75, 3.05) is 38.8 Å². The molecule has 19 heavy (non-hydrogen) atoms. The highest BCUT2D eigenvalue weighted by Crippen LogP contribution is 2.24. The van der Waals surface area contributed by atoms with E-state index >= 15 is 0 Å². The van der Waals surface area contributed by atoms with E-state index in [1.807, 2.05) is 13.2 Å². The van der Waals surface area contributed by atoms with Gasteiger partial charge in [-0.3, -0.25) is 0 Å². The quantitative estimate of drug-likeness (QED) is 0.881. The molecule has 4 nitrogen and oxygen atoms in total. The molecule has 2 rings (SSSR count). The standard InChI is InChI=1S/C15H25N3O/c1-12-7-14(8-16-2)9-17-15(12)18-6-4-5-13(10-18)11-19-3/h7,9,13,16H,4-6,8,10-11H2,1-3H3. The van der Waals surface area contributed by atoms with Gasteiger partial charge in [-0.25, -0.2) is 4.98 Å². The van der Waals surface area contributed by atoms with Crippen molar-refractivity contribution >= 4 is 5.82 Å². The summed E-state index contributed by atoms with van der Waals surface area (Å²) in [6.45, 7) is 6.06. The lowest BCUT2D eigenvalue weighted by molar-refractivity contribution is 0.143. The first-order valence-electron chi connectivity index (χ1n) is 7.08. The molecule has 1 atom stereocenters. The number of methoxy groups -OCH3 is 1. The summed E-state index contributed by atoms with van der Waals surface area (Å²) in [5, 5.41) is 3.16. The summed E-state index contributed by atoms with van der Waals surface area (Å²) in [5.41, 5.74) is 2.51. The number of piperidine rings is 1. The lowest BCUT2D eigenvalue weighted by Gasteiger charge is -2.34. The molecule has 1 unspecified atom stereocenters. The Morgan fingerprint density at radius 1 is 1.53 bits per heavy atom. The summed E-state index contributed by atoms with van der Waals surface area (Å²) in [7, 11) is 3.75. The fraction of sp³-hybridized carbons (Fsp3) is 0.667. The number of nitrogens with zero attached hydrogens (tertiary/aromatic N) is 2. The van der Waals surface area contributed by atoms with Crippen molar-refractivity contribution in [2.45, 2.75) is 26.3 Å². The highest BCUT2D eigenvalue weighted by Gasteiger charge is 2.21. The zero-order valence-electron chi connectivity index (χ0n) is 12.3. The van der Waals surface area contributed by atoms with E-state index in [0.717, 1.165) is 32.1 Å². The van der Waals surface area contributed by atoms with Gasteiger partial charge >= 0.3 is 0 Å². The van der Waals surface area contributed by atoms with Gasteiger partial charge in [0.25, 0.3) is 0 Å². The molecule has 1 aromatic rings. The molecular weight excluding hydrogens is 238 g/mol. The van der Waals surface area contributed by atoms with Crippen LogP contribution in [0.1, 0.15) is 24.0 Å². The van der Waals surface area contributed by atoms with Crippen LogP contribution in [-0.2, 0) is 11.3 Å². The average Bonchev–Trinajstić information content (AvgIpc) is 2.40. The maximum Gasteiger partial charge on any atom is 0.131 e. The second kappa shape index (κ2) is 6.87. The smallest absolute Gasteiger partial charge is 0.131 e. The number of ether oxygens (including phenoxy) is 1. The van der Waals surface area contributed by atoms with E-state index in [0.29, 0.717) is 5.92 Å². The van der Waals surface area contributed by atoms with Gasteiger partial charge in [0.15, 0.2) is 0 Å². The van der Waals surface area contributed by atoms with Crippen LogP contribution in [0.2, 0.25) is 0 Å². The summed E-state index contributed by atoms with van der Waals surface area (Å²) < 4.78 is 5.29. The van der Waals surface area contributed by atoms with Crippen LogP contribution in [0.5, 0.6) is 0 Å². The number of nitrogens with one attached hydrogen (secondary N) is 1. The van der Waals surface area contributed by atoms with Crippen LogP contribution >= 0.6 is 0 Å². The normalized spacial score (nSPS) is 19.7. The first-order valence-corrected chi connectivity index (χ1v) is 7.08. The SMILES string of the molecule is CNCc1cnc(N2CCCC(COC)C2)c(C)c1. The molecule has 1 N–H and O–H groups in total. The van der Waals surface area contributed by atoms with E-state index in [9.17, 15) is 0 Å². The van der Waals surface area contributed by atoms with E-state index in [1.165, 1.54) is 24.0 Å². The van der Waals surface area contributed by atoms with E-state index in [4.69, 9.17) is 4.74 Å². The Morgan fingerprint density at radius 2 is 2.37 bits per heavy atom. The van der Waals surface area contributed by atoms with Gasteiger partial charge in [0.2, 0.25) is 0 Å². The van der Waals surface area contributed by atoms with E-state index in [1.54, 1.807) is 7.11 Å². The van der Waals surface area contributed by atoms with Crippen molar-refractivity contribution in [1.29, 1.82) is 0 Å². The third-order valence-electron chi connectivity index (χ3n) is 3.71. The number of hydrogen-bond donors (Lipinski definition) is 1. The first-order chi connectivity index (χ1) is 9.24. The monoisotopic (exact) mass is 263 g/mol. The Bertz CT molecular complexity index is 406. The fourth-order valence-corrected chi connectivity index (χ4v) is 2.89. The van der Waals surface area contributed by atoms with Crippen LogP contribution in [0, 0.1) is 12.8 Å². The fourth-order valence-electron chi connectivity index (χ4n) is 2.89. The highest BCUT2D eigenvalue weighted by atomic mass is 16.5. The van der Waals surface area contributed by atoms with Gasteiger partial charge in [0.05, 0.1) is 6.61 Å². The molecule has 1 aromatic heterocycles. The summed E-state index contributed by atoms with van der Waals surface area (Å²) in [6.07, 6.45) is 4.48. The number of anilines is 1. The predicted octanol–water partition coefficient (Wildman–Crippen LogP) is 1.97. The Morgan fingerprint density at radius 3 is 3.05 bits per heavy atom. The highest BCUT2D eigenvalue weighted by molar-refractivity contribution is 5.47. The zero-order chi connectivity index (χ0) is 13.7. The Balaban J connectivity index is 2.08. The number of aryl methyl sites for hydroxylation is 1. The predicted molar refractivity (Wildman–Crippen MR) is 78.6 cm³/mol. The minimum atomic E-state index is 0.636. The summed E-state index contributed by atoms with van der Waals surface area (Å²) in [5.74, 6) is 1.78. The lowest BCUT2D eigenvalue weighted by atomic mass is 9.98. The van der Waals surface area contributed by atoms with Crippen molar-refractivity contribution < 1.29 is 4.74 Å². The summed E-state index contributed by atoms with van der Waals surface area (Å²) >= 11 is 0. The van der Waals surface area contributed by atoms with Gasteiger partial charge in [0, 0.05) is 32.9 Å². The van der Waals surface area contributed by atoms with Crippen molar-refractivity contribution in [3.8, 4) is 0 Å². The topological polar surface area (TPSA) is 37.4 Å². The molecule has 0 radical (unpaired) electrons. The van der Waals surface area contributed by atoms with Crippen LogP contribution < -0.4 is 10.2 Å². The minimum Gasteiger partial charge on any atom is -0.384 e. The van der Waals surface area contributed by atoms with Crippen molar-refractivity contribution in [3.63, 3.8) is 0 Å². The second-order valence-electron chi connectivity index (χ2n) is 5.42. The average molecular weight is 263 g/mol. The number of rotatable bonds is 5. The number of hydrogen-bond acceptors (Lipinski definition) is 4. The van der Waals surface area contributed by atoms with Crippen LogP contribution in [0.3, 0.4) is 0 Å². The van der Waals surface area contributed by atoms with Gasteiger partial charge in [-0.1, -0.05) is 0 Å². The minimum absolute atomic E-state index is 0.636. The molecule has 1 saturated heterocycles. The molecular formula is C15H25N3O. The zero-order valence-corrected chi connectivity index (χ0v) is 12.3. The molecule has 106 valence electrons.